The maximum Gasteiger partial charge on any atom is 0.165 e. The molecule has 0 spiro atoms. The second-order valence-corrected chi connectivity index (χ2v) is 5.22. The second kappa shape index (κ2) is 7.18. The van der Waals surface area contributed by atoms with Gasteiger partial charge in [0, 0.05) is 12.6 Å². The molecule has 0 aliphatic rings. The molecule has 2 aromatic rings. The molecule has 4 heteroatoms. The zero-order chi connectivity index (χ0) is 15.2. The van der Waals surface area contributed by atoms with Crippen LogP contribution in [-0.2, 0) is 13.2 Å². The van der Waals surface area contributed by atoms with E-state index < -0.39 is 0 Å². The minimum Gasteiger partial charge on any atom is -0.486 e. The third-order valence-electron chi connectivity index (χ3n) is 3.02. The fourth-order valence-corrected chi connectivity index (χ4v) is 1.84. The van der Waals surface area contributed by atoms with Gasteiger partial charge in [-0.2, -0.15) is 0 Å². The van der Waals surface area contributed by atoms with Crippen molar-refractivity contribution in [2.24, 2.45) is 0 Å². The van der Waals surface area contributed by atoms with Crippen LogP contribution in [0, 0.1) is 11.6 Å². The number of halogens is 2. The summed E-state index contributed by atoms with van der Waals surface area (Å²) in [6.07, 6.45) is 0. The molecule has 0 aromatic heterocycles. The molecule has 2 nitrogen and oxygen atoms in total. The highest BCUT2D eigenvalue weighted by atomic mass is 19.1. The van der Waals surface area contributed by atoms with Gasteiger partial charge in [-0.3, -0.25) is 0 Å². The fraction of sp³-hybridized carbons (Fsp3) is 0.294. The number of benzene rings is 2. The first kappa shape index (κ1) is 15.4. The Morgan fingerprint density at radius 3 is 2.29 bits per heavy atom. The van der Waals surface area contributed by atoms with E-state index in [1.165, 1.54) is 18.2 Å². The van der Waals surface area contributed by atoms with E-state index >= 15 is 0 Å². The van der Waals surface area contributed by atoms with E-state index in [0.717, 1.165) is 11.1 Å². The summed E-state index contributed by atoms with van der Waals surface area (Å²) in [6, 6.07) is 11.2. The van der Waals surface area contributed by atoms with Crippen LogP contribution in [0.5, 0.6) is 5.75 Å². The lowest BCUT2D eigenvalue weighted by Crippen LogP contribution is -2.21. The van der Waals surface area contributed by atoms with Crippen molar-refractivity contribution in [1.82, 2.24) is 5.32 Å². The molecule has 0 fully saturated rings. The van der Waals surface area contributed by atoms with Crippen molar-refractivity contribution in [3.8, 4) is 5.75 Å². The van der Waals surface area contributed by atoms with E-state index in [1.54, 1.807) is 18.2 Å². The molecular formula is C17H19F2NO. The van der Waals surface area contributed by atoms with Gasteiger partial charge in [-0.15, -0.1) is 0 Å². The van der Waals surface area contributed by atoms with Crippen molar-refractivity contribution in [2.75, 3.05) is 0 Å². The van der Waals surface area contributed by atoms with Gasteiger partial charge in [0.1, 0.15) is 12.4 Å². The monoisotopic (exact) mass is 291 g/mol. The van der Waals surface area contributed by atoms with E-state index in [1.807, 2.05) is 19.9 Å². The van der Waals surface area contributed by atoms with E-state index in [4.69, 9.17) is 4.74 Å². The third kappa shape index (κ3) is 4.83. The molecule has 2 aromatic carbocycles. The van der Waals surface area contributed by atoms with Crippen LogP contribution in [-0.4, -0.2) is 6.04 Å². The van der Waals surface area contributed by atoms with Gasteiger partial charge in [0.2, 0.25) is 0 Å². The van der Waals surface area contributed by atoms with E-state index in [0.29, 0.717) is 12.6 Å². The molecule has 0 bridgehead atoms. The van der Waals surface area contributed by atoms with E-state index in [-0.39, 0.29) is 24.0 Å². The smallest absolute Gasteiger partial charge is 0.165 e. The maximum atomic E-state index is 13.9. The largest absolute Gasteiger partial charge is 0.486 e. The molecule has 0 radical (unpaired) electrons. The number of hydrogen-bond donors (Lipinski definition) is 1. The SMILES string of the molecule is CC(C)NCc1ccc(OCc2ccc(F)cc2)c(F)c1. The Hall–Kier alpha value is -1.94. The lowest BCUT2D eigenvalue weighted by molar-refractivity contribution is 0.290. The Balaban J connectivity index is 1.95. The van der Waals surface area contributed by atoms with Gasteiger partial charge in [-0.05, 0) is 35.4 Å². The number of ether oxygens (including phenoxy) is 1. The number of hydrogen-bond acceptors (Lipinski definition) is 2. The van der Waals surface area contributed by atoms with Crippen molar-refractivity contribution in [2.45, 2.75) is 33.0 Å². The Labute approximate surface area is 123 Å². The highest BCUT2D eigenvalue weighted by molar-refractivity contribution is 5.29. The normalized spacial score (nSPS) is 10.9. The zero-order valence-corrected chi connectivity index (χ0v) is 12.2. The first-order valence-corrected chi connectivity index (χ1v) is 6.93. The van der Waals surface area contributed by atoms with Gasteiger partial charge in [-0.1, -0.05) is 32.0 Å². The van der Waals surface area contributed by atoms with Gasteiger partial charge in [0.05, 0.1) is 0 Å². The Morgan fingerprint density at radius 2 is 1.67 bits per heavy atom. The number of rotatable bonds is 6. The van der Waals surface area contributed by atoms with E-state index in [2.05, 4.69) is 5.32 Å². The van der Waals surface area contributed by atoms with E-state index in [9.17, 15) is 8.78 Å². The minimum absolute atomic E-state index is 0.202. The molecule has 0 aliphatic carbocycles. The Morgan fingerprint density at radius 1 is 1.00 bits per heavy atom. The van der Waals surface area contributed by atoms with Gasteiger partial charge < -0.3 is 10.1 Å². The average Bonchev–Trinajstić information content (AvgIpc) is 2.46. The number of nitrogens with one attached hydrogen (secondary N) is 1. The van der Waals surface area contributed by atoms with Crippen LogP contribution in [0.2, 0.25) is 0 Å². The molecule has 0 atom stereocenters. The first-order valence-electron chi connectivity index (χ1n) is 6.93. The molecule has 0 amide bonds. The van der Waals surface area contributed by atoms with Gasteiger partial charge in [0.25, 0.3) is 0 Å². The maximum absolute atomic E-state index is 13.9. The second-order valence-electron chi connectivity index (χ2n) is 5.22. The summed E-state index contributed by atoms with van der Waals surface area (Å²) in [4.78, 5) is 0. The fourth-order valence-electron chi connectivity index (χ4n) is 1.84. The molecule has 2 rings (SSSR count). The molecule has 0 heterocycles. The Kier molecular flexibility index (Phi) is 5.28. The highest BCUT2D eigenvalue weighted by Crippen LogP contribution is 2.20. The van der Waals surface area contributed by atoms with Crippen LogP contribution >= 0.6 is 0 Å². The quantitative estimate of drug-likeness (QED) is 0.867. The molecule has 0 aliphatic heterocycles. The molecule has 0 unspecified atom stereocenters. The molecule has 112 valence electrons. The van der Waals surface area contributed by atoms with Crippen LogP contribution in [0.25, 0.3) is 0 Å². The summed E-state index contributed by atoms with van der Waals surface area (Å²) >= 11 is 0. The first-order chi connectivity index (χ1) is 10.0. The Bertz CT molecular complexity index is 582. The van der Waals surface area contributed by atoms with Crippen molar-refractivity contribution in [3.05, 3.63) is 65.2 Å². The molecular weight excluding hydrogens is 272 g/mol. The lowest BCUT2D eigenvalue weighted by atomic mass is 10.2. The molecule has 1 N–H and O–H groups in total. The summed E-state index contributed by atoms with van der Waals surface area (Å²) in [5.41, 5.74) is 1.66. The molecule has 0 saturated carbocycles. The summed E-state index contributed by atoms with van der Waals surface area (Å²) in [5.74, 6) is -0.486. The van der Waals surface area contributed by atoms with Crippen LogP contribution in [0.1, 0.15) is 25.0 Å². The zero-order valence-electron chi connectivity index (χ0n) is 12.2. The lowest BCUT2D eigenvalue weighted by Gasteiger charge is -2.11. The van der Waals surface area contributed by atoms with Gasteiger partial charge in [-0.25, -0.2) is 8.78 Å². The highest BCUT2D eigenvalue weighted by Gasteiger charge is 2.06. The van der Waals surface area contributed by atoms with Crippen molar-refractivity contribution in [1.29, 1.82) is 0 Å². The van der Waals surface area contributed by atoms with Crippen molar-refractivity contribution < 1.29 is 13.5 Å². The predicted molar refractivity (Wildman–Crippen MR) is 79.1 cm³/mol. The van der Waals surface area contributed by atoms with Crippen molar-refractivity contribution in [3.63, 3.8) is 0 Å². The van der Waals surface area contributed by atoms with Crippen LogP contribution in [0.15, 0.2) is 42.5 Å². The van der Waals surface area contributed by atoms with Crippen LogP contribution in [0.4, 0.5) is 8.78 Å². The third-order valence-corrected chi connectivity index (χ3v) is 3.02. The molecule has 21 heavy (non-hydrogen) atoms. The van der Waals surface area contributed by atoms with Crippen molar-refractivity contribution >= 4 is 0 Å². The minimum atomic E-state index is -0.389. The summed E-state index contributed by atoms with van der Waals surface area (Å²) in [5, 5.41) is 3.23. The predicted octanol–water partition coefficient (Wildman–Crippen LogP) is 4.04. The summed E-state index contributed by atoms with van der Waals surface area (Å²) in [6.45, 7) is 4.90. The topological polar surface area (TPSA) is 21.3 Å². The summed E-state index contributed by atoms with van der Waals surface area (Å²) < 4.78 is 32.1. The van der Waals surface area contributed by atoms with Gasteiger partial charge >= 0.3 is 0 Å². The van der Waals surface area contributed by atoms with Crippen LogP contribution < -0.4 is 10.1 Å². The molecule has 0 saturated heterocycles. The summed E-state index contributed by atoms with van der Waals surface area (Å²) in [7, 11) is 0. The standard InChI is InChI=1S/C17H19F2NO/c1-12(2)20-10-14-5-8-17(16(19)9-14)21-11-13-3-6-15(18)7-4-13/h3-9,12,20H,10-11H2,1-2H3. The average molecular weight is 291 g/mol. The van der Waals surface area contributed by atoms with Crippen LogP contribution in [0.3, 0.4) is 0 Å². The van der Waals surface area contributed by atoms with Gasteiger partial charge in [0.15, 0.2) is 11.6 Å².